The zero-order chi connectivity index (χ0) is 21.8. The first-order valence-electron chi connectivity index (χ1n) is 9.79. The normalized spacial score (nSPS) is 14.9. The second kappa shape index (κ2) is 9.06. The molecule has 0 aromatic heterocycles. The zero-order valence-electron chi connectivity index (χ0n) is 17.5. The number of hydrogen-bond donors (Lipinski definition) is 0. The van der Waals surface area contributed by atoms with Gasteiger partial charge in [0.2, 0.25) is 10.0 Å². The largest absolute Gasteiger partial charge is 0.497 e. The number of benzene rings is 2. The van der Waals surface area contributed by atoms with E-state index in [1.807, 2.05) is 24.3 Å². The molecule has 1 aliphatic rings. The number of esters is 1. The molecule has 30 heavy (non-hydrogen) atoms. The molecule has 0 radical (unpaired) electrons. The Balaban J connectivity index is 1.92. The number of ether oxygens (including phenoxy) is 3. The van der Waals surface area contributed by atoms with Gasteiger partial charge in [-0.2, -0.15) is 4.31 Å². The Labute approximate surface area is 177 Å². The molecule has 0 N–H and O–H groups in total. The third-order valence-corrected chi connectivity index (χ3v) is 7.72. The van der Waals surface area contributed by atoms with Gasteiger partial charge in [-0.25, -0.2) is 8.42 Å². The van der Waals surface area contributed by atoms with Crippen LogP contribution in [0.25, 0.3) is 0 Å². The summed E-state index contributed by atoms with van der Waals surface area (Å²) in [6.45, 7) is 2.10. The van der Waals surface area contributed by atoms with Gasteiger partial charge < -0.3 is 14.2 Å². The summed E-state index contributed by atoms with van der Waals surface area (Å²) in [5.41, 5.74) is 1.60. The molecule has 0 heterocycles. The summed E-state index contributed by atoms with van der Waals surface area (Å²) in [6.07, 6.45) is 0.547. The van der Waals surface area contributed by atoms with Gasteiger partial charge in [0.15, 0.2) is 4.75 Å². The first-order valence-corrected chi connectivity index (χ1v) is 11.2. The van der Waals surface area contributed by atoms with Gasteiger partial charge in [-0.05, 0) is 55.2 Å². The van der Waals surface area contributed by atoms with Crippen LogP contribution < -0.4 is 9.47 Å². The lowest BCUT2D eigenvalue weighted by Gasteiger charge is -2.27. The molecule has 0 unspecified atom stereocenters. The summed E-state index contributed by atoms with van der Waals surface area (Å²) in [5.74, 6) is 0.710. The summed E-state index contributed by atoms with van der Waals surface area (Å²) in [7, 11) is -0.792. The molecular weight excluding hydrogens is 406 g/mol. The van der Waals surface area contributed by atoms with Crippen LogP contribution in [0, 0.1) is 0 Å². The summed E-state index contributed by atoms with van der Waals surface area (Å²) in [4.78, 5) is 12.5. The summed E-state index contributed by atoms with van der Waals surface area (Å²) < 4.78 is 42.4. The third kappa shape index (κ3) is 4.44. The topological polar surface area (TPSA) is 82.1 Å². The predicted molar refractivity (Wildman–Crippen MR) is 113 cm³/mol. The van der Waals surface area contributed by atoms with E-state index in [9.17, 15) is 13.2 Å². The average molecular weight is 434 g/mol. The smallest absolute Gasteiger partial charge is 0.328 e. The summed E-state index contributed by atoms with van der Waals surface area (Å²) in [6, 6.07) is 14.4. The van der Waals surface area contributed by atoms with Gasteiger partial charge in [-0.15, -0.1) is 0 Å². The van der Waals surface area contributed by atoms with Crippen molar-refractivity contribution in [1.82, 2.24) is 4.31 Å². The minimum Gasteiger partial charge on any atom is -0.497 e. The number of methoxy groups -OCH3 is 2. The first-order chi connectivity index (χ1) is 14.4. The van der Waals surface area contributed by atoms with E-state index < -0.39 is 20.7 Å². The van der Waals surface area contributed by atoms with E-state index >= 15 is 0 Å². The Morgan fingerprint density at radius 2 is 1.33 bits per heavy atom. The van der Waals surface area contributed by atoms with Crippen LogP contribution in [0.2, 0.25) is 0 Å². The lowest BCUT2D eigenvalue weighted by molar-refractivity contribution is -0.143. The number of rotatable bonds is 10. The minimum absolute atomic E-state index is 0.138. The molecule has 1 saturated carbocycles. The minimum atomic E-state index is -3.94. The van der Waals surface area contributed by atoms with Crippen molar-refractivity contribution in [3.8, 4) is 11.5 Å². The Hall–Kier alpha value is -2.58. The molecule has 8 heteroatoms. The Morgan fingerprint density at radius 1 is 0.900 bits per heavy atom. The molecule has 0 spiro atoms. The number of carbonyl (C=O) groups is 1. The van der Waals surface area contributed by atoms with E-state index in [1.165, 1.54) is 4.31 Å². The second-order valence-corrected chi connectivity index (χ2v) is 9.43. The molecule has 1 aliphatic carbocycles. The van der Waals surface area contributed by atoms with Crippen LogP contribution in [-0.2, 0) is 32.6 Å². The van der Waals surface area contributed by atoms with Gasteiger partial charge in [0.05, 0.1) is 20.8 Å². The van der Waals surface area contributed by atoms with Crippen molar-refractivity contribution >= 4 is 16.0 Å². The van der Waals surface area contributed by atoms with E-state index in [4.69, 9.17) is 14.2 Å². The standard InChI is InChI=1S/C22H27NO6S/c1-4-29-21(24)22(13-14-22)30(25,26)23(15-17-5-9-19(27-2)10-6-17)16-18-7-11-20(28-3)12-8-18/h5-12H,4,13-16H2,1-3H3. The molecule has 0 aliphatic heterocycles. The van der Waals surface area contributed by atoms with Crippen molar-refractivity contribution in [2.45, 2.75) is 37.6 Å². The molecule has 1 fully saturated rings. The molecule has 2 aromatic rings. The number of sulfonamides is 1. The monoisotopic (exact) mass is 433 g/mol. The fourth-order valence-corrected chi connectivity index (χ4v) is 5.31. The van der Waals surface area contributed by atoms with E-state index in [0.29, 0.717) is 11.5 Å². The highest BCUT2D eigenvalue weighted by Gasteiger charge is 2.64. The van der Waals surface area contributed by atoms with Gasteiger partial charge in [-0.3, -0.25) is 4.79 Å². The van der Waals surface area contributed by atoms with Crippen LogP contribution in [0.1, 0.15) is 30.9 Å². The first kappa shape index (κ1) is 22.1. The van der Waals surface area contributed by atoms with Crippen LogP contribution in [-0.4, -0.2) is 44.3 Å². The molecule has 0 amide bonds. The van der Waals surface area contributed by atoms with Crippen molar-refractivity contribution in [2.24, 2.45) is 0 Å². The van der Waals surface area contributed by atoms with Crippen LogP contribution in [0.3, 0.4) is 0 Å². The van der Waals surface area contributed by atoms with Gasteiger partial charge in [-0.1, -0.05) is 24.3 Å². The van der Waals surface area contributed by atoms with E-state index in [1.54, 1.807) is 45.4 Å². The van der Waals surface area contributed by atoms with Gasteiger partial charge in [0, 0.05) is 13.1 Å². The van der Waals surface area contributed by atoms with Crippen LogP contribution in [0.5, 0.6) is 11.5 Å². The SMILES string of the molecule is CCOC(=O)C1(S(=O)(=O)N(Cc2ccc(OC)cc2)Cc2ccc(OC)cc2)CC1. The predicted octanol–water partition coefficient (Wildman–Crippen LogP) is 3.13. The quantitative estimate of drug-likeness (QED) is 0.536. The zero-order valence-corrected chi connectivity index (χ0v) is 18.3. The van der Waals surface area contributed by atoms with Crippen molar-refractivity contribution in [3.63, 3.8) is 0 Å². The molecule has 3 rings (SSSR count). The summed E-state index contributed by atoms with van der Waals surface area (Å²) in [5, 5.41) is 0. The highest BCUT2D eigenvalue weighted by Crippen LogP contribution is 2.47. The Bertz CT molecular complexity index is 916. The van der Waals surface area contributed by atoms with Crippen molar-refractivity contribution in [2.75, 3.05) is 20.8 Å². The molecule has 162 valence electrons. The molecule has 0 saturated heterocycles. The lowest BCUT2D eigenvalue weighted by atomic mass is 10.2. The maximum absolute atomic E-state index is 13.6. The highest BCUT2D eigenvalue weighted by molar-refractivity contribution is 7.91. The molecule has 0 atom stereocenters. The lowest BCUT2D eigenvalue weighted by Crippen LogP contribution is -2.44. The average Bonchev–Trinajstić information content (AvgIpc) is 3.57. The van der Waals surface area contributed by atoms with E-state index in [0.717, 1.165) is 11.1 Å². The number of nitrogens with zero attached hydrogens (tertiary/aromatic N) is 1. The third-order valence-electron chi connectivity index (χ3n) is 5.22. The van der Waals surface area contributed by atoms with Crippen LogP contribution in [0.15, 0.2) is 48.5 Å². The van der Waals surface area contributed by atoms with Gasteiger partial charge in [0.1, 0.15) is 11.5 Å². The second-order valence-electron chi connectivity index (χ2n) is 7.18. The van der Waals surface area contributed by atoms with Crippen LogP contribution in [0.4, 0.5) is 0 Å². The van der Waals surface area contributed by atoms with Gasteiger partial charge in [0.25, 0.3) is 0 Å². The van der Waals surface area contributed by atoms with Gasteiger partial charge >= 0.3 is 5.97 Å². The Morgan fingerprint density at radius 3 is 1.67 bits per heavy atom. The number of hydrogen-bond acceptors (Lipinski definition) is 6. The highest BCUT2D eigenvalue weighted by atomic mass is 32.2. The van der Waals surface area contributed by atoms with E-state index in [2.05, 4.69) is 0 Å². The molecule has 7 nitrogen and oxygen atoms in total. The Kier molecular flexibility index (Phi) is 6.67. The van der Waals surface area contributed by atoms with Crippen molar-refractivity contribution in [1.29, 1.82) is 0 Å². The fourth-order valence-electron chi connectivity index (χ4n) is 3.29. The van der Waals surface area contributed by atoms with Crippen LogP contribution >= 0.6 is 0 Å². The summed E-state index contributed by atoms with van der Waals surface area (Å²) >= 11 is 0. The molecular formula is C22H27NO6S. The maximum atomic E-state index is 13.6. The molecule has 2 aromatic carbocycles. The van der Waals surface area contributed by atoms with E-state index in [-0.39, 0.29) is 32.5 Å². The number of carbonyl (C=O) groups excluding carboxylic acids is 1. The maximum Gasteiger partial charge on any atom is 0.328 e. The van der Waals surface area contributed by atoms with Crippen molar-refractivity contribution < 1.29 is 27.4 Å². The van der Waals surface area contributed by atoms with Crippen molar-refractivity contribution in [3.05, 3.63) is 59.7 Å². The molecule has 0 bridgehead atoms. The fraction of sp³-hybridized carbons (Fsp3) is 0.409.